The fourth-order valence-electron chi connectivity index (χ4n) is 5.74. The zero-order valence-electron chi connectivity index (χ0n) is 31.3. The summed E-state index contributed by atoms with van der Waals surface area (Å²) in [6.45, 7) is 7.22. The van der Waals surface area contributed by atoms with Crippen LogP contribution < -0.4 is 10.1 Å². The number of carbonyl (C=O) groups excluding carboxylic acids is 1. The van der Waals surface area contributed by atoms with Crippen molar-refractivity contribution in [3.63, 3.8) is 0 Å². The normalized spacial score (nSPS) is 12.6. The molecule has 3 heterocycles. The van der Waals surface area contributed by atoms with E-state index in [1.165, 1.54) is 41.9 Å². The topological polar surface area (TPSA) is 322 Å². The zero-order chi connectivity index (χ0) is 43.1. The van der Waals surface area contributed by atoms with Gasteiger partial charge in [-0.25, -0.2) is 34.9 Å². The number of aromatic amines is 1. The van der Waals surface area contributed by atoms with Gasteiger partial charge in [0, 0.05) is 17.5 Å². The van der Waals surface area contributed by atoms with Gasteiger partial charge in [0.15, 0.2) is 17.3 Å². The second-order valence-electron chi connectivity index (χ2n) is 13.8. The summed E-state index contributed by atoms with van der Waals surface area (Å²) in [7, 11) is -15.3. The number of hydrogen-bond donors (Lipinski definition) is 2. The molecule has 3 aromatic carbocycles. The van der Waals surface area contributed by atoms with Crippen molar-refractivity contribution in [2.75, 3.05) is 11.9 Å². The second-order valence-corrected chi connectivity index (χ2v) is 17.9. The lowest BCUT2D eigenvalue weighted by Gasteiger charge is -2.17. The van der Waals surface area contributed by atoms with E-state index in [0.717, 1.165) is 10.7 Å². The van der Waals surface area contributed by atoms with Crippen LogP contribution >= 0.6 is 0 Å². The number of rotatable bonds is 13. The Balaban J connectivity index is 1.21. The Bertz CT molecular complexity index is 3030. The second kappa shape index (κ2) is 15.8. The Kier molecular flexibility index (Phi) is 11.3. The molecule has 0 saturated heterocycles. The first-order valence-electron chi connectivity index (χ1n) is 17.1. The van der Waals surface area contributed by atoms with Crippen LogP contribution in [0.1, 0.15) is 60.3 Å². The van der Waals surface area contributed by atoms with Crippen LogP contribution in [0.25, 0.3) is 11.3 Å². The Morgan fingerprint density at radius 1 is 0.915 bits per heavy atom. The third-order valence-electron chi connectivity index (χ3n) is 8.50. The number of fused-ring (bicyclic) bond motifs is 1. The molecule has 6 rings (SSSR count). The van der Waals surface area contributed by atoms with Crippen molar-refractivity contribution in [2.45, 2.75) is 60.6 Å². The average Bonchev–Trinajstić information content (AvgIpc) is 3.82. The van der Waals surface area contributed by atoms with Gasteiger partial charge in [-0.2, -0.15) is 15.0 Å². The standard InChI is InChI=1S/C35H34N10O11S3/c1-20-25(19-36)32(44(41-20)26-18-23(57(47,48)49)15-16-28(26)59(53,54)55)40-39-30-31(35(2,3)4)43-45-33(30)38-29(42-45)10-7-17-56-22-13-11-21(12-14-22)37-34(46)24-8-5-6-9-27(24)58(50,51)52/h5-6,8-9,11-16,18,43H,7,10,17H2,1-4H3,(H,37,46)(H,47,48,49)(H,50,51,52)(H,53,54,55)/p-3. The van der Waals surface area contributed by atoms with Gasteiger partial charge in [0.25, 0.3) is 5.91 Å². The summed E-state index contributed by atoms with van der Waals surface area (Å²) in [5, 5.41) is 32.9. The number of nitrogens with one attached hydrogen (secondary N) is 2. The minimum atomic E-state index is -5.26. The Labute approximate surface area is 336 Å². The fourth-order valence-corrected chi connectivity index (χ4v) is 7.54. The molecule has 0 aliphatic heterocycles. The van der Waals surface area contributed by atoms with Crippen molar-refractivity contribution in [1.82, 2.24) is 29.6 Å². The molecule has 0 atom stereocenters. The average molecular weight is 864 g/mol. The van der Waals surface area contributed by atoms with Gasteiger partial charge in [0.05, 0.1) is 43.9 Å². The van der Waals surface area contributed by atoms with Crippen molar-refractivity contribution >= 4 is 59.1 Å². The molecule has 3 aromatic heterocycles. The highest BCUT2D eigenvalue weighted by Gasteiger charge is 2.27. The number of H-pyrrole nitrogens is 1. The highest BCUT2D eigenvalue weighted by Crippen LogP contribution is 2.37. The van der Waals surface area contributed by atoms with E-state index in [9.17, 15) is 49.0 Å². The quantitative estimate of drug-likeness (QED) is 0.0937. The summed E-state index contributed by atoms with van der Waals surface area (Å²) < 4.78 is 115. The number of hydrogen-bond acceptors (Lipinski definition) is 17. The van der Waals surface area contributed by atoms with Gasteiger partial charge in [-0.15, -0.1) is 15.3 Å². The van der Waals surface area contributed by atoms with Gasteiger partial charge < -0.3 is 23.7 Å². The lowest BCUT2D eigenvalue weighted by atomic mass is 9.91. The maximum atomic E-state index is 12.7. The summed E-state index contributed by atoms with van der Waals surface area (Å²) in [6, 6.07) is 15.2. The molecular formula is C35H31N10O11S3-3. The van der Waals surface area contributed by atoms with Crippen molar-refractivity contribution < 1.29 is 48.4 Å². The minimum Gasteiger partial charge on any atom is -0.744 e. The molecule has 0 bridgehead atoms. The highest BCUT2D eigenvalue weighted by atomic mass is 32.2. The van der Waals surface area contributed by atoms with Gasteiger partial charge in [-0.1, -0.05) is 32.9 Å². The number of carbonyl (C=O) groups is 1. The highest BCUT2D eigenvalue weighted by molar-refractivity contribution is 7.86. The Morgan fingerprint density at radius 2 is 1.59 bits per heavy atom. The molecule has 0 fully saturated rings. The number of nitriles is 1. The lowest BCUT2D eigenvalue weighted by molar-refractivity contribution is 0.102. The molecule has 2 N–H and O–H groups in total. The van der Waals surface area contributed by atoms with Crippen molar-refractivity contribution in [1.29, 1.82) is 5.26 Å². The van der Waals surface area contributed by atoms with Gasteiger partial charge in [-0.05, 0) is 67.9 Å². The summed E-state index contributed by atoms with van der Waals surface area (Å²) in [5.41, 5.74) is -0.453. The maximum Gasteiger partial charge on any atom is 0.256 e. The Morgan fingerprint density at radius 3 is 2.22 bits per heavy atom. The molecule has 0 unspecified atom stereocenters. The fraction of sp³-hybridized carbons (Fsp3) is 0.229. The summed E-state index contributed by atoms with van der Waals surface area (Å²) in [6.07, 6.45) is 0.783. The van der Waals surface area contributed by atoms with E-state index >= 15 is 0 Å². The van der Waals surface area contributed by atoms with Crippen molar-refractivity contribution in [3.05, 3.63) is 95.1 Å². The first kappa shape index (κ1) is 42.3. The van der Waals surface area contributed by atoms with Crippen LogP contribution in [0, 0.1) is 18.3 Å². The first-order valence-corrected chi connectivity index (χ1v) is 21.3. The number of aromatic nitrogens is 6. The van der Waals surface area contributed by atoms with Crippen molar-refractivity contribution in [2.24, 2.45) is 10.2 Å². The minimum absolute atomic E-state index is 0.0221. The molecule has 6 aromatic rings. The molecule has 0 spiro atoms. The van der Waals surface area contributed by atoms with Crippen molar-refractivity contribution in [3.8, 4) is 17.5 Å². The van der Waals surface area contributed by atoms with Crippen LogP contribution in [0.2, 0.25) is 0 Å². The molecule has 308 valence electrons. The van der Waals surface area contributed by atoms with E-state index < -0.39 is 62.1 Å². The van der Waals surface area contributed by atoms with Gasteiger partial charge in [-0.3, -0.25) is 9.89 Å². The SMILES string of the molecule is Cc1nn(-c2cc(S(=O)(=O)[O-])ccc2S(=O)(=O)[O-])c(N=Nc2c(C(C)(C)C)[nH]n3nc(CCCOc4ccc(NC(=O)c5ccccc5S(=O)(=O)[O-])cc4)nc23)c1C#N. The third kappa shape index (κ3) is 9.19. The van der Waals surface area contributed by atoms with Crippen LogP contribution in [0.4, 0.5) is 17.2 Å². The molecule has 0 aliphatic carbocycles. The molecule has 24 heteroatoms. The first-order chi connectivity index (χ1) is 27.6. The van der Waals surface area contributed by atoms with Gasteiger partial charge in [0.2, 0.25) is 5.65 Å². The van der Waals surface area contributed by atoms with E-state index in [0.29, 0.717) is 54.0 Å². The predicted molar refractivity (Wildman–Crippen MR) is 202 cm³/mol. The molecule has 59 heavy (non-hydrogen) atoms. The van der Waals surface area contributed by atoms with Crippen LogP contribution in [-0.4, -0.2) is 81.0 Å². The van der Waals surface area contributed by atoms with E-state index in [-0.39, 0.29) is 40.6 Å². The predicted octanol–water partition coefficient (Wildman–Crippen LogP) is 4.11. The smallest absolute Gasteiger partial charge is 0.256 e. The number of anilines is 1. The van der Waals surface area contributed by atoms with E-state index in [4.69, 9.17) is 4.74 Å². The molecule has 0 saturated carbocycles. The van der Waals surface area contributed by atoms with E-state index in [2.05, 4.69) is 35.8 Å². The van der Waals surface area contributed by atoms with Crippen LogP contribution in [0.5, 0.6) is 5.75 Å². The molecule has 21 nitrogen and oxygen atoms in total. The maximum absolute atomic E-state index is 12.7. The summed E-state index contributed by atoms with van der Waals surface area (Å²) in [4.78, 5) is 14.9. The molecule has 1 amide bonds. The van der Waals surface area contributed by atoms with Crippen LogP contribution in [0.3, 0.4) is 0 Å². The van der Waals surface area contributed by atoms with Gasteiger partial charge >= 0.3 is 0 Å². The number of amides is 1. The zero-order valence-corrected chi connectivity index (χ0v) is 33.7. The Hall–Kier alpha value is -6.36. The summed E-state index contributed by atoms with van der Waals surface area (Å²) in [5.74, 6) is -0.309. The number of benzene rings is 3. The molecule has 0 radical (unpaired) electrons. The largest absolute Gasteiger partial charge is 0.744 e. The number of azo groups is 1. The molecular weight excluding hydrogens is 833 g/mol. The summed E-state index contributed by atoms with van der Waals surface area (Å²) >= 11 is 0. The monoisotopic (exact) mass is 863 g/mol. The number of aryl methyl sites for hydroxylation is 2. The lowest BCUT2D eigenvalue weighted by Crippen LogP contribution is -2.16. The third-order valence-corrected chi connectivity index (χ3v) is 11.1. The number of ether oxygens (including phenoxy) is 1. The molecule has 0 aliphatic rings. The van der Waals surface area contributed by atoms with E-state index in [1.54, 1.807) is 12.1 Å². The van der Waals surface area contributed by atoms with E-state index in [1.807, 2.05) is 26.8 Å². The van der Waals surface area contributed by atoms with Crippen LogP contribution in [0.15, 0.2) is 91.6 Å². The van der Waals surface area contributed by atoms with Crippen LogP contribution in [-0.2, 0) is 42.2 Å². The number of nitrogens with zero attached hydrogens (tertiary/aromatic N) is 8. The van der Waals surface area contributed by atoms with Gasteiger partial charge in [0.1, 0.15) is 47.7 Å².